The van der Waals surface area contributed by atoms with Crippen molar-refractivity contribution < 1.29 is 4.74 Å². The molecule has 1 saturated heterocycles. The molecule has 0 aliphatic carbocycles. The van der Waals surface area contributed by atoms with Gasteiger partial charge in [0.1, 0.15) is 0 Å². The number of hydrogen-bond acceptors (Lipinski definition) is 3. The molecular weight excluding hydrogens is 212 g/mol. The Morgan fingerprint density at radius 1 is 1.24 bits per heavy atom. The van der Waals surface area contributed by atoms with Crippen molar-refractivity contribution in [2.75, 3.05) is 26.3 Å². The third kappa shape index (κ3) is 2.37. The molecular formula is C14H20N2O. The van der Waals surface area contributed by atoms with Gasteiger partial charge in [0.2, 0.25) is 0 Å². The first-order valence-corrected chi connectivity index (χ1v) is 6.45. The van der Waals surface area contributed by atoms with Crippen LogP contribution in [0.3, 0.4) is 0 Å². The van der Waals surface area contributed by atoms with E-state index in [2.05, 4.69) is 29.2 Å². The first-order chi connectivity index (χ1) is 8.33. The van der Waals surface area contributed by atoms with E-state index in [-0.39, 0.29) is 6.04 Å². The third-order valence-corrected chi connectivity index (χ3v) is 3.95. The fourth-order valence-electron chi connectivity index (χ4n) is 2.84. The van der Waals surface area contributed by atoms with Gasteiger partial charge >= 0.3 is 0 Å². The largest absolute Gasteiger partial charge is 0.379 e. The molecule has 0 aromatic heterocycles. The van der Waals surface area contributed by atoms with Gasteiger partial charge in [-0.3, -0.25) is 4.90 Å². The van der Waals surface area contributed by atoms with E-state index in [1.165, 1.54) is 17.5 Å². The molecule has 0 amide bonds. The van der Waals surface area contributed by atoms with Crippen LogP contribution in [0.15, 0.2) is 24.3 Å². The lowest BCUT2D eigenvalue weighted by atomic mass is 9.97. The summed E-state index contributed by atoms with van der Waals surface area (Å²) in [6.07, 6.45) is 1.17. The first-order valence-electron chi connectivity index (χ1n) is 6.45. The summed E-state index contributed by atoms with van der Waals surface area (Å²) in [5, 5.41) is 0. The van der Waals surface area contributed by atoms with E-state index >= 15 is 0 Å². The number of benzene rings is 1. The van der Waals surface area contributed by atoms with Gasteiger partial charge in [-0.05, 0) is 17.5 Å². The minimum absolute atomic E-state index is 0.229. The van der Waals surface area contributed by atoms with Crippen LogP contribution in [0.5, 0.6) is 0 Å². The second-order valence-corrected chi connectivity index (χ2v) is 5.22. The Morgan fingerprint density at radius 2 is 2.06 bits per heavy atom. The van der Waals surface area contributed by atoms with Crippen molar-refractivity contribution in [3.8, 4) is 0 Å². The van der Waals surface area contributed by atoms with E-state index in [0.29, 0.717) is 5.92 Å². The first kappa shape index (κ1) is 11.2. The van der Waals surface area contributed by atoms with E-state index in [1.54, 1.807) is 0 Å². The quantitative estimate of drug-likeness (QED) is 0.827. The Kier molecular flexibility index (Phi) is 3.14. The van der Waals surface area contributed by atoms with Crippen molar-refractivity contribution in [2.45, 2.75) is 19.0 Å². The molecule has 1 aromatic rings. The second kappa shape index (κ2) is 4.77. The van der Waals surface area contributed by atoms with Gasteiger partial charge in [-0.25, -0.2) is 0 Å². The molecule has 1 fully saturated rings. The molecule has 2 aliphatic heterocycles. The molecule has 2 atom stereocenters. The summed E-state index contributed by atoms with van der Waals surface area (Å²) >= 11 is 0. The Labute approximate surface area is 103 Å². The Morgan fingerprint density at radius 3 is 2.82 bits per heavy atom. The molecule has 3 nitrogen and oxygen atoms in total. The molecule has 0 radical (unpaired) electrons. The van der Waals surface area contributed by atoms with Crippen molar-refractivity contribution in [1.82, 2.24) is 4.90 Å². The lowest BCUT2D eigenvalue weighted by molar-refractivity contribution is 0.162. The van der Waals surface area contributed by atoms with Crippen LogP contribution in [0.1, 0.15) is 11.1 Å². The van der Waals surface area contributed by atoms with Gasteiger partial charge in [0.15, 0.2) is 0 Å². The zero-order chi connectivity index (χ0) is 11.7. The lowest BCUT2D eigenvalue weighted by Crippen LogP contribution is -2.40. The van der Waals surface area contributed by atoms with Gasteiger partial charge in [0.05, 0.1) is 13.2 Å². The molecule has 17 heavy (non-hydrogen) atoms. The lowest BCUT2D eigenvalue weighted by Gasteiger charge is -2.31. The van der Waals surface area contributed by atoms with Crippen LogP contribution in [0, 0.1) is 5.92 Å². The zero-order valence-corrected chi connectivity index (χ0v) is 10.1. The molecule has 2 aliphatic rings. The molecule has 0 spiro atoms. The minimum atomic E-state index is 0.229. The average Bonchev–Trinajstić information content (AvgIpc) is 2.75. The zero-order valence-electron chi connectivity index (χ0n) is 10.1. The van der Waals surface area contributed by atoms with Gasteiger partial charge in [0, 0.05) is 31.6 Å². The van der Waals surface area contributed by atoms with Gasteiger partial charge < -0.3 is 10.5 Å². The standard InChI is InChI=1S/C14H20N2O/c15-14-10-17-9-13(14)8-16-6-5-11-3-1-2-4-12(11)7-16/h1-4,13-14H,5-10,15H2. The Hall–Kier alpha value is -0.900. The molecule has 2 heterocycles. The highest BCUT2D eigenvalue weighted by Gasteiger charge is 2.27. The Bertz CT molecular complexity index is 394. The molecule has 0 saturated carbocycles. The SMILES string of the molecule is NC1COCC1CN1CCc2ccccc2C1. The van der Waals surface area contributed by atoms with Crippen LogP contribution in [-0.2, 0) is 17.7 Å². The number of nitrogens with two attached hydrogens (primary N) is 1. The van der Waals surface area contributed by atoms with Gasteiger partial charge in [-0.2, -0.15) is 0 Å². The maximum absolute atomic E-state index is 6.04. The highest BCUT2D eigenvalue weighted by Crippen LogP contribution is 2.21. The Balaban J connectivity index is 1.64. The number of ether oxygens (including phenoxy) is 1. The summed E-state index contributed by atoms with van der Waals surface area (Å²) in [4.78, 5) is 2.52. The summed E-state index contributed by atoms with van der Waals surface area (Å²) < 4.78 is 5.43. The van der Waals surface area contributed by atoms with Crippen molar-refractivity contribution in [2.24, 2.45) is 11.7 Å². The number of hydrogen-bond donors (Lipinski definition) is 1. The van der Waals surface area contributed by atoms with Crippen molar-refractivity contribution in [1.29, 1.82) is 0 Å². The van der Waals surface area contributed by atoms with Gasteiger partial charge in [0.25, 0.3) is 0 Å². The molecule has 1 aromatic carbocycles. The monoisotopic (exact) mass is 232 g/mol. The normalized spacial score (nSPS) is 29.2. The van der Waals surface area contributed by atoms with E-state index in [0.717, 1.165) is 32.8 Å². The van der Waals surface area contributed by atoms with Crippen molar-refractivity contribution >= 4 is 0 Å². The molecule has 0 bridgehead atoms. The van der Waals surface area contributed by atoms with E-state index < -0.39 is 0 Å². The van der Waals surface area contributed by atoms with Crippen LogP contribution in [0.2, 0.25) is 0 Å². The number of nitrogens with zero attached hydrogens (tertiary/aromatic N) is 1. The second-order valence-electron chi connectivity index (χ2n) is 5.22. The van der Waals surface area contributed by atoms with Crippen LogP contribution < -0.4 is 5.73 Å². The fraction of sp³-hybridized carbons (Fsp3) is 0.571. The summed E-state index contributed by atoms with van der Waals surface area (Å²) in [5.74, 6) is 0.514. The van der Waals surface area contributed by atoms with Gasteiger partial charge in [-0.1, -0.05) is 24.3 Å². The minimum Gasteiger partial charge on any atom is -0.379 e. The molecule has 2 unspecified atom stereocenters. The average molecular weight is 232 g/mol. The van der Waals surface area contributed by atoms with Crippen LogP contribution in [0.25, 0.3) is 0 Å². The van der Waals surface area contributed by atoms with E-state index in [4.69, 9.17) is 10.5 Å². The summed E-state index contributed by atoms with van der Waals surface area (Å²) in [6.45, 7) is 4.86. The van der Waals surface area contributed by atoms with Crippen LogP contribution >= 0.6 is 0 Å². The fourth-order valence-corrected chi connectivity index (χ4v) is 2.84. The summed E-state index contributed by atoms with van der Waals surface area (Å²) in [7, 11) is 0. The van der Waals surface area contributed by atoms with Crippen LogP contribution in [-0.4, -0.2) is 37.2 Å². The summed E-state index contributed by atoms with van der Waals surface area (Å²) in [5.41, 5.74) is 9.03. The predicted octanol–water partition coefficient (Wildman–Crippen LogP) is 1.02. The van der Waals surface area contributed by atoms with E-state index in [9.17, 15) is 0 Å². The van der Waals surface area contributed by atoms with E-state index in [1.807, 2.05) is 0 Å². The van der Waals surface area contributed by atoms with Gasteiger partial charge in [-0.15, -0.1) is 0 Å². The summed E-state index contributed by atoms with van der Waals surface area (Å²) in [6, 6.07) is 8.98. The third-order valence-electron chi connectivity index (χ3n) is 3.95. The van der Waals surface area contributed by atoms with Crippen LogP contribution in [0.4, 0.5) is 0 Å². The number of rotatable bonds is 2. The maximum atomic E-state index is 6.04. The molecule has 2 N–H and O–H groups in total. The molecule has 3 rings (SSSR count). The topological polar surface area (TPSA) is 38.5 Å². The highest BCUT2D eigenvalue weighted by molar-refractivity contribution is 5.29. The smallest absolute Gasteiger partial charge is 0.0621 e. The highest BCUT2D eigenvalue weighted by atomic mass is 16.5. The molecule has 3 heteroatoms. The van der Waals surface area contributed by atoms with Crippen molar-refractivity contribution in [3.63, 3.8) is 0 Å². The molecule has 92 valence electrons. The number of fused-ring (bicyclic) bond motifs is 1. The predicted molar refractivity (Wildman–Crippen MR) is 67.7 cm³/mol. The van der Waals surface area contributed by atoms with Crippen molar-refractivity contribution in [3.05, 3.63) is 35.4 Å². The maximum Gasteiger partial charge on any atom is 0.0621 e.